The van der Waals surface area contributed by atoms with Crippen molar-refractivity contribution in [3.63, 3.8) is 0 Å². The Morgan fingerprint density at radius 2 is 2.04 bits per heavy atom. The lowest BCUT2D eigenvalue weighted by molar-refractivity contribution is -0.137. The maximum absolute atomic E-state index is 12.5. The van der Waals surface area contributed by atoms with Gasteiger partial charge in [-0.3, -0.25) is 4.79 Å². The van der Waals surface area contributed by atoms with Crippen LogP contribution >= 0.6 is 36.4 Å². The van der Waals surface area contributed by atoms with Gasteiger partial charge in [-0.15, -0.1) is 24.8 Å². The number of nitrogens with one attached hydrogen (secondary N) is 1. The van der Waals surface area contributed by atoms with Crippen LogP contribution in [0.2, 0.25) is 5.02 Å². The first-order valence-electron chi connectivity index (χ1n) is 6.59. The van der Waals surface area contributed by atoms with Crippen LogP contribution in [0.5, 0.6) is 0 Å². The van der Waals surface area contributed by atoms with E-state index in [4.69, 9.17) is 17.3 Å². The summed E-state index contributed by atoms with van der Waals surface area (Å²) in [5.74, 6) is -0.0227. The molecule has 5 nitrogen and oxygen atoms in total. The largest absolute Gasteiger partial charge is 0.417 e. The van der Waals surface area contributed by atoms with Gasteiger partial charge in [0, 0.05) is 38.8 Å². The summed E-state index contributed by atoms with van der Waals surface area (Å²) in [6.07, 6.45) is -3.65. The maximum atomic E-state index is 12.5. The minimum Gasteiger partial charge on any atom is -0.368 e. The van der Waals surface area contributed by atoms with Crippen molar-refractivity contribution in [1.29, 1.82) is 0 Å². The number of amides is 1. The molecule has 0 aliphatic heterocycles. The fourth-order valence-corrected chi connectivity index (χ4v) is 1.82. The number of hydrogen-bond donors (Lipinski definition) is 2. The van der Waals surface area contributed by atoms with Gasteiger partial charge < -0.3 is 16.0 Å². The molecule has 1 aromatic rings. The second kappa shape index (κ2) is 10.8. The van der Waals surface area contributed by atoms with Crippen LogP contribution in [0.15, 0.2) is 12.3 Å². The van der Waals surface area contributed by atoms with Crippen LogP contribution in [0.4, 0.5) is 19.0 Å². The highest BCUT2D eigenvalue weighted by Crippen LogP contribution is 2.32. The van der Waals surface area contributed by atoms with Crippen molar-refractivity contribution in [3.8, 4) is 0 Å². The van der Waals surface area contributed by atoms with Crippen LogP contribution in [0.1, 0.15) is 18.9 Å². The third-order valence-corrected chi connectivity index (χ3v) is 3.48. The number of halogens is 6. The Balaban J connectivity index is 0. The van der Waals surface area contributed by atoms with Crippen LogP contribution in [-0.4, -0.2) is 42.0 Å². The van der Waals surface area contributed by atoms with Crippen molar-refractivity contribution in [1.82, 2.24) is 9.88 Å². The van der Waals surface area contributed by atoms with E-state index in [1.807, 2.05) is 6.92 Å². The molecule has 0 fully saturated rings. The van der Waals surface area contributed by atoms with Crippen LogP contribution in [0, 0.1) is 0 Å². The van der Waals surface area contributed by atoms with Gasteiger partial charge in [0.05, 0.1) is 10.6 Å². The number of nitrogens with two attached hydrogens (primary N) is 1. The number of hydrogen-bond acceptors (Lipinski definition) is 4. The molecule has 24 heavy (non-hydrogen) atoms. The molecule has 0 saturated carbocycles. The number of carbonyl (C=O) groups is 1. The SMILES string of the molecule is CC(CN)N(C)C(=O)CCNc1ncc(C(F)(F)F)cc1Cl.Cl.Cl. The molecule has 1 rings (SSSR count). The van der Waals surface area contributed by atoms with Crippen molar-refractivity contribution in [3.05, 3.63) is 22.8 Å². The lowest BCUT2D eigenvalue weighted by Crippen LogP contribution is -2.40. The first kappa shape index (κ1) is 25.3. The number of nitrogens with zero attached hydrogens (tertiary/aromatic N) is 2. The van der Waals surface area contributed by atoms with E-state index in [-0.39, 0.29) is 60.6 Å². The Labute approximate surface area is 155 Å². The second-order valence-corrected chi connectivity index (χ2v) is 5.23. The Hall–Kier alpha value is -0.960. The van der Waals surface area contributed by atoms with Gasteiger partial charge in [0.25, 0.3) is 0 Å². The molecule has 0 aromatic carbocycles. The maximum Gasteiger partial charge on any atom is 0.417 e. The van der Waals surface area contributed by atoms with E-state index in [2.05, 4.69) is 10.3 Å². The number of anilines is 1. The molecule has 1 unspecified atom stereocenters. The Morgan fingerprint density at radius 1 is 1.46 bits per heavy atom. The lowest BCUT2D eigenvalue weighted by atomic mass is 10.2. The standard InChI is InChI=1S/C13H18ClF3N4O.2ClH/c1-8(6-18)21(2)11(22)3-4-19-12-10(14)5-9(7-20-12)13(15,16)17;;/h5,7-8H,3-4,6,18H2,1-2H3,(H,19,20);2*1H. The Kier molecular flexibility index (Phi) is 11.4. The van der Waals surface area contributed by atoms with Crippen molar-refractivity contribution < 1.29 is 18.0 Å². The summed E-state index contributed by atoms with van der Waals surface area (Å²) in [7, 11) is 1.64. The van der Waals surface area contributed by atoms with Gasteiger partial charge in [-0.05, 0) is 13.0 Å². The van der Waals surface area contributed by atoms with Crippen LogP contribution in [0.3, 0.4) is 0 Å². The van der Waals surface area contributed by atoms with Crippen molar-refractivity contribution >= 4 is 48.1 Å². The minimum absolute atomic E-state index is 0. The number of likely N-dealkylation sites (N-methyl/N-ethyl adjacent to an activating group) is 1. The molecule has 11 heteroatoms. The quantitative estimate of drug-likeness (QED) is 0.754. The van der Waals surface area contributed by atoms with E-state index in [9.17, 15) is 18.0 Å². The Morgan fingerprint density at radius 3 is 2.50 bits per heavy atom. The predicted molar refractivity (Wildman–Crippen MR) is 93.1 cm³/mol. The summed E-state index contributed by atoms with van der Waals surface area (Å²) in [5.41, 5.74) is 4.55. The topological polar surface area (TPSA) is 71.2 Å². The monoisotopic (exact) mass is 410 g/mol. The van der Waals surface area contributed by atoms with Crippen molar-refractivity contribution in [2.75, 3.05) is 25.5 Å². The summed E-state index contributed by atoms with van der Waals surface area (Å²) < 4.78 is 37.4. The predicted octanol–water partition coefficient (Wildman–Crippen LogP) is 3.21. The van der Waals surface area contributed by atoms with Gasteiger partial charge >= 0.3 is 6.18 Å². The second-order valence-electron chi connectivity index (χ2n) is 4.82. The highest BCUT2D eigenvalue weighted by Gasteiger charge is 2.31. The summed E-state index contributed by atoms with van der Waals surface area (Å²) in [4.78, 5) is 17.0. The molecule has 0 bridgehead atoms. The molecule has 0 aliphatic rings. The minimum atomic E-state index is -4.49. The molecular formula is C13H20Cl3F3N4O. The molecule has 0 radical (unpaired) electrons. The van der Waals surface area contributed by atoms with Gasteiger partial charge in [0.15, 0.2) is 0 Å². The van der Waals surface area contributed by atoms with E-state index in [0.29, 0.717) is 12.7 Å². The van der Waals surface area contributed by atoms with Crippen LogP contribution < -0.4 is 11.1 Å². The smallest absolute Gasteiger partial charge is 0.368 e. The van der Waals surface area contributed by atoms with Crippen LogP contribution in [-0.2, 0) is 11.0 Å². The molecule has 1 atom stereocenters. The zero-order chi connectivity index (χ0) is 16.9. The van der Waals surface area contributed by atoms with Crippen LogP contribution in [0.25, 0.3) is 0 Å². The molecule has 0 saturated heterocycles. The summed E-state index contributed by atoms with van der Waals surface area (Å²) in [6, 6.07) is 0.710. The number of carbonyl (C=O) groups excluding carboxylic acids is 1. The summed E-state index contributed by atoms with van der Waals surface area (Å²) in [6.45, 7) is 2.38. The Bertz CT molecular complexity index is 532. The zero-order valence-electron chi connectivity index (χ0n) is 13.1. The first-order chi connectivity index (χ1) is 10.2. The van der Waals surface area contributed by atoms with E-state index >= 15 is 0 Å². The lowest BCUT2D eigenvalue weighted by Gasteiger charge is -2.23. The van der Waals surface area contributed by atoms with Crippen molar-refractivity contribution in [2.24, 2.45) is 5.73 Å². The molecule has 1 amide bonds. The fourth-order valence-electron chi connectivity index (χ4n) is 1.59. The molecule has 0 spiro atoms. The summed E-state index contributed by atoms with van der Waals surface area (Å²) >= 11 is 5.75. The van der Waals surface area contributed by atoms with Gasteiger partial charge in [-0.2, -0.15) is 13.2 Å². The average Bonchev–Trinajstić information content (AvgIpc) is 2.45. The molecule has 3 N–H and O–H groups in total. The molecule has 0 aliphatic carbocycles. The average molecular weight is 412 g/mol. The van der Waals surface area contributed by atoms with Gasteiger partial charge in [-0.1, -0.05) is 11.6 Å². The van der Waals surface area contributed by atoms with Crippen molar-refractivity contribution in [2.45, 2.75) is 25.6 Å². The van der Waals surface area contributed by atoms with E-state index in [1.54, 1.807) is 7.05 Å². The third kappa shape index (κ3) is 7.29. The number of pyridine rings is 1. The highest BCUT2D eigenvalue weighted by molar-refractivity contribution is 6.32. The number of aromatic nitrogens is 1. The van der Waals surface area contributed by atoms with Gasteiger partial charge in [-0.25, -0.2) is 4.98 Å². The van der Waals surface area contributed by atoms with E-state index in [1.165, 1.54) is 4.90 Å². The zero-order valence-corrected chi connectivity index (χ0v) is 15.5. The molecule has 140 valence electrons. The number of rotatable bonds is 6. The molecule has 1 heterocycles. The van der Waals surface area contributed by atoms with Gasteiger partial charge in [0.1, 0.15) is 5.82 Å². The van der Waals surface area contributed by atoms with E-state index < -0.39 is 11.7 Å². The molecular weight excluding hydrogens is 392 g/mol. The fraction of sp³-hybridized carbons (Fsp3) is 0.538. The normalized spacial score (nSPS) is 11.8. The third-order valence-electron chi connectivity index (χ3n) is 3.20. The van der Waals surface area contributed by atoms with E-state index in [0.717, 1.165) is 6.07 Å². The summed E-state index contributed by atoms with van der Waals surface area (Å²) in [5, 5.41) is 2.60. The first-order valence-corrected chi connectivity index (χ1v) is 6.97. The van der Waals surface area contributed by atoms with Gasteiger partial charge in [0.2, 0.25) is 5.91 Å². The number of alkyl halides is 3. The highest BCUT2D eigenvalue weighted by atomic mass is 35.5. The molecule has 1 aromatic heterocycles.